The van der Waals surface area contributed by atoms with Gasteiger partial charge in [-0.1, -0.05) is 6.07 Å². The standard InChI is InChI=1S/C20H28N4O/c1-15-19(16(2)23(4)21-15)14-24(10-11-25-5)13-17-6-7-20-18(12-17)8-9-22(20)3/h6-9,12H,10-11,13-14H2,1-5H3. The number of benzene rings is 1. The second-order valence-electron chi connectivity index (χ2n) is 6.80. The number of aryl methyl sites for hydroxylation is 3. The van der Waals surface area contributed by atoms with Crippen LogP contribution in [0.4, 0.5) is 0 Å². The molecule has 1 aromatic carbocycles. The topological polar surface area (TPSA) is 35.2 Å². The molecule has 0 atom stereocenters. The van der Waals surface area contributed by atoms with Gasteiger partial charge in [0.1, 0.15) is 0 Å². The summed E-state index contributed by atoms with van der Waals surface area (Å²) in [6.45, 7) is 7.65. The van der Waals surface area contributed by atoms with Crippen molar-refractivity contribution >= 4 is 10.9 Å². The Bertz CT molecular complexity index is 862. The third-order valence-electron chi connectivity index (χ3n) is 5.01. The van der Waals surface area contributed by atoms with Crippen LogP contribution in [-0.2, 0) is 31.9 Å². The molecule has 2 heterocycles. The Balaban J connectivity index is 1.81. The van der Waals surface area contributed by atoms with Crippen molar-refractivity contribution in [1.82, 2.24) is 19.2 Å². The molecule has 0 saturated carbocycles. The van der Waals surface area contributed by atoms with Crippen molar-refractivity contribution in [2.75, 3.05) is 20.3 Å². The van der Waals surface area contributed by atoms with E-state index < -0.39 is 0 Å². The fourth-order valence-electron chi connectivity index (χ4n) is 3.39. The molecule has 25 heavy (non-hydrogen) atoms. The van der Waals surface area contributed by atoms with Crippen LogP contribution in [0.3, 0.4) is 0 Å². The van der Waals surface area contributed by atoms with E-state index in [1.807, 2.05) is 11.7 Å². The molecule has 3 rings (SSSR count). The molecule has 5 nitrogen and oxygen atoms in total. The molecule has 0 N–H and O–H groups in total. The van der Waals surface area contributed by atoms with Crippen molar-refractivity contribution in [3.8, 4) is 0 Å². The average Bonchev–Trinajstić information content (AvgIpc) is 3.07. The van der Waals surface area contributed by atoms with Crippen LogP contribution in [0.2, 0.25) is 0 Å². The van der Waals surface area contributed by atoms with Gasteiger partial charge in [0.2, 0.25) is 0 Å². The SMILES string of the molecule is COCCN(Cc1ccc2c(ccn2C)c1)Cc1c(C)nn(C)c1C. The zero-order valence-corrected chi connectivity index (χ0v) is 15.9. The first-order valence-corrected chi connectivity index (χ1v) is 8.74. The lowest BCUT2D eigenvalue weighted by Crippen LogP contribution is -2.27. The van der Waals surface area contributed by atoms with Gasteiger partial charge in [-0.25, -0.2) is 0 Å². The summed E-state index contributed by atoms with van der Waals surface area (Å²) >= 11 is 0. The van der Waals surface area contributed by atoms with Gasteiger partial charge >= 0.3 is 0 Å². The van der Waals surface area contributed by atoms with Crippen LogP contribution in [0, 0.1) is 13.8 Å². The molecule has 0 spiro atoms. The highest BCUT2D eigenvalue weighted by Gasteiger charge is 2.15. The van der Waals surface area contributed by atoms with Crippen molar-refractivity contribution in [2.24, 2.45) is 14.1 Å². The van der Waals surface area contributed by atoms with Gasteiger partial charge in [-0.2, -0.15) is 5.10 Å². The van der Waals surface area contributed by atoms with Crippen LogP contribution >= 0.6 is 0 Å². The van der Waals surface area contributed by atoms with Crippen molar-refractivity contribution in [3.05, 3.63) is 53.0 Å². The van der Waals surface area contributed by atoms with E-state index in [0.29, 0.717) is 0 Å². The molecule has 0 unspecified atom stereocenters. The van der Waals surface area contributed by atoms with E-state index in [4.69, 9.17) is 4.74 Å². The van der Waals surface area contributed by atoms with Crippen molar-refractivity contribution in [3.63, 3.8) is 0 Å². The van der Waals surface area contributed by atoms with Crippen molar-refractivity contribution in [1.29, 1.82) is 0 Å². The third-order valence-corrected chi connectivity index (χ3v) is 5.01. The Kier molecular flexibility index (Phi) is 5.25. The lowest BCUT2D eigenvalue weighted by molar-refractivity contribution is 0.140. The first kappa shape index (κ1) is 17.7. The molecular formula is C20H28N4O. The lowest BCUT2D eigenvalue weighted by atomic mass is 10.1. The summed E-state index contributed by atoms with van der Waals surface area (Å²) in [6.07, 6.45) is 2.11. The average molecular weight is 340 g/mol. The zero-order chi connectivity index (χ0) is 18.0. The maximum absolute atomic E-state index is 5.32. The summed E-state index contributed by atoms with van der Waals surface area (Å²) in [5, 5.41) is 5.84. The zero-order valence-electron chi connectivity index (χ0n) is 15.9. The Hall–Kier alpha value is -2.11. The smallest absolute Gasteiger partial charge is 0.0641 e. The van der Waals surface area contributed by atoms with Crippen molar-refractivity contribution < 1.29 is 4.74 Å². The normalized spacial score (nSPS) is 11.8. The molecule has 3 aromatic rings. The van der Waals surface area contributed by atoms with Gasteiger partial charge in [-0.15, -0.1) is 0 Å². The molecule has 0 aliphatic carbocycles. The Morgan fingerprint density at radius 1 is 1.12 bits per heavy atom. The maximum Gasteiger partial charge on any atom is 0.0641 e. The number of hydrogen-bond donors (Lipinski definition) is 0. The molecule has 0 aliphatic rings. The summed E-state index contributed by atoms with van der Waals surface area (Å²) in [6, 6.07) is 8.90. The highest BCUT2D eigenvalue weighted by molar-refractivity contribution is 5.80. The van der Waals surface area contributed by atoms with Crippen LogP contribution in [0.15, 0.2) is 30.5 Å². The number of hydrogen-bond acceptors (Lipinski definition) is 3. The second kappa shape index (κ2) is 7.42. The second-order valence-corrected chi connectivity index (χ2v) is 6.80. The van der Waals surface area contributed by atoms with Gasteiger partial charge in [0.05, 0.1) is 12.3 Å². The van der Waals surface area contributed by atoms with Gasteiger partial charge in [0.15, 0.2) is 0 Å². The summed E-state index contributed by atoms with van der Waals surface area (Å²) in [4.78, 5) is 2.44. The van der Waals surface area contributed by atoms with Gasteiger partial charge in [0.25, 0.3) is 0 Å². The third kappa shape index (κ3) is 3.78. The Labute approximate surface area is 149 Å². The van der Waals surface area contributed by atoms with Crippen LogP contribution in [-0.4, -0.2) is 39.5 Å². The Morgan fingerprint density at radius 2 is 1.92 bits per heavy atom. The first-order chi connectivity index (χ1) is 12.0. The summed E-state index contributed by atoms with van der Waals surface area (Å²) in [5.41, 5.74) is 6.26. The maximum atomic E-state index is 5.32. The van der Waals surface area contributed by atoms with E-state index in [9.17, 15) is 0 Å². The highest BCUT2D eigenvalue weighted by Crippen LogP contribution is 2.20. The fraction of sp³-hybridized carbons (Fsp3) is 0.450. The summed E-state index contributed by atoms with van der Waals surface area (Å²) in [5.74, 6) is 0. The van der Waals surface area contributed by atoms with Crippen LogP contribution in [0.25, 0.3) is 10.9 Å². The van der Waals surface area contributed by atoms with Crippen molar-refractivity contribution in [2.45, 2.75) is 26.9 Å². The van der Waals surface area contributed by atoms with Gasteiger partial charge < -0.3 is 9.30 Å². The predicted molar refractivity (Wildman–Crippen MR) is 102 cm³/mol. The minimum atomic E-state index is 0.728. The van der Waals surface area contributed by atoms with E-state index in [1.165, 1.54) is 27.7 Å². The molecule has 0 fully saturated rings. The summed E-state index contributed by atoms with van der Waals surface area (Å²) in [7, 11) is 5.85. The molecule has 0 bridgehead atoms. The molecular weight excluding hydrogens is 312 g/mol. The van der Waals surface area contributed by atoms with Gasteiger partial charge in [0, 0.05) is 63.8 Å². The van der Waals surface area contributed by atoms with Gasteiger partial charge in [-0.05, 0) is 43.0 Å². The molecule has 0 amide bonds. The lowest BCUT2D eigenvalue weighted by Gasteiger charge is -2.22. The number of fused-ring (bicyclic) bond motifs is 1. The van der Waals surface area contributed by atoms with E-state index >= 15 is 0 Å². The fourth-order valence-corrected chi connectivity index (χ4v) is 3.39. The number of rotatable bonds is 7. The van der Waals surface area contributed by atoms with E-state index in [0.717, 1.165) is 31.9 Å². The monoisotopic (exact) mass is 340 g/mol. The van der Waals surface area contributed by atoms with E-state index in [2.05, 4.69) is 65.9 Å². The number of nitrogens with zero attached hydrogens (tertiary/aromatic N) is 4. The number of ether oxygens (including phenoxy) is 1. The largest absolute Gasteiger partial charge is 0.383 e. The predicted octanol–water partition coefficient (Wildman–Crippen LogP) is 3.18. The van der Waals surface area contributed by atoms with Gasteiger partial charge in [-0.3, -0.25) is 9.58 Å². The number of aromatic nitrogens is 3. The minimum Gasteiger partial charge on any atom is -0.383 e. The molecule has 134 valence electrons. The Morgan fingerprint density at radius 3 is 2.60 bits per heavy atom. The van der Waals surface area contributed by atoms with E-state index in [-0.39, 0.29) is 0 Å². The molecule has 0 saturated heterocycles. The van der Waals surface area contributed by atoms with E-state index in [1.54, 1.807) is 7.11 Å². The minimum absolute atomic E-state index is 0.728. The molecule has 0 aliphatic heterocycles. The first-order valence-electron chi connectivity index (χ1n) is 8.74. The quantitative estimate of drug-likeness (QED) is 0.663. The highest BCUT2D eigenvalue weighted by atomic mass is 16.5. The molecule has 0 radical (unpaired) electrons. The van der Waals surface area contributed by atoms with Crippen LogP contribution in [0.5, 0.6) is 0 Å². The molecule has 2 aromatic heterocycles. The van der Waals surface area contributed by atoms with Crippen LogP contribution < -0.4 is 0 Å². The van der Waals surface area contributed by atoms with Crippen LogP contribution in [0.1, 0.15) is 22.5 Å². The molecule has 5 heteroatoms. The summed E-state index contributed by atoms with van der Waals surface area (Å²) < 4.78 is 9.45. The number of methoxy groups -OCH3 is 1.